The number of nitrogens with zero attached hydrogens (tertiary/aromatic N) is 3. The first-order chi connectivity index (χ1) is 15.3. The maximum atomic E-state index is 10.4. The van der Waals surface area contributed by atoms with E-state index >= 15 is 0 Å². The summed E-state index contributed by atoms with van der Waals surface area (Å²) in [5.41, 5.74) is -0.874. The fourth-order valence-corrected chi connectivity index (χ4v) is 5.01. The number of aryl methyl sites for hydroxylation is 2. The molecule has 4 rings (SSSR count). The SMILES string of the molecule is COc1ccc(C23OC(=N)C(C#N)(C2C)C(C#N)(C#N)C(c2cc(C)ccc2C)O3)cc1. The topological polar surface area (TPSA) is 123 Å². The zero-order valence-electron chi connectivity index (χ0n) is 18.3. The lowest BCUT2D eigenvalue weighted by molar-refractivity contribution is -0.288. The minimum absolute atomic E-state index is 0.431. The van der Waals surface area contributed by atoms with Crippen LogP contribution in [0.2, 0.25) is 0 Å². The van der Waals surface area contributed by atoms with Crippen molar-refractivity contribution >= 4 is 5.90 Å². The fraction of sp³-hybridized carbons (Fsp3) is 0.360. The van der Waals surface area contributed by atoms with E-state index in [1.807, 2.05) is 32.0 Å². The molecule has 160 valence electrons. The third-order valence-electron chi connectivity index (χ3n) is 6.88. The van der Waals surface area contributed by atoms with E-state index in [1.165, 1.54) is 0 Å². The van der Waals surface area contributed by atoms with Crippen molar-refractivity contribution in [3.05, 3.63) is 64.7 Å². The summed E-state index contributed by atoms with van der Waals surface area (Å²) in [5.74, 6) is -2.12. The number of fused-ring (bicyclic) bond motifs is 2. The molecule has 2 bridgehead atoms. The molecule has 2 saturated heterocycles. The Kier molecular flexibility index (Phi) is 4.74. The molecule has 7 nitrogen and oxygen atoms in total. The van der Waals surface area contributed by atoms with Crippen LogP contribution < -0.4 is 4.74 Å². The van der Waals surface area contributed by atoms with Gasteiger partial charge in [-0.2, -0.15) is 15.8 Å². The van der Waals surface area contributed by atoms with E-state index in [9.17, 15) is 15.8 Å². The van der Waals surface area contributed by atoms with Crippen LogP contribution >= 0.6 is 0 Å². The molecule has 0 saturated carbocycles. The average molecular weight is 426 g/mol. The van der Waals surface area contributed by atoms with Gasteiger partial charge in [-0.25, -0.2) is 0 Å². The minimum atomic E-state index is -1.98. The fourth-order valence-electron chi connectivity index (χ4n) is 5.01. The molecule has 0 radical (unpaired) electrons. The Morgan fingerprint density at radius 1 is 1.00 bits per heavy atom. The van der Waals surface area contributed by atoms with Gasteiger partial charge in [0.2, 0.25) is 17.1 Å². The first-order valence-corrected chi connectivity index (χ1v) is 10.2. The second-order valence-corrected chi connectivity index (χ2v) is 8.36. The first-order valence-electron chi connectivity index (χ1n) is 10.2. The summed E-state index contributed by atoms with van der Waals surface area (Å²) in [7, 11) is 1.56. The van der Waals surface area contributed by atoms with Crippen molar-refractivity contribution in [3.63, 3.8) is 0 Å². The molecule has 0 aliphatic carbocycles. The number of nitriles is 3. The van der Waals surface area contributed by atoms with Gasteiger partial charge in [0.05, 0.1) is 31.2 Å². The maximum Gasteiger partial charge on any atom is 0.244 e. The van der Waals surface area contributed by atoms with Crippen molar-refractivity contribution in [3.8, 4) is 24.0 Å². The molecule has 2 heterocycles. The van der Waals surface area contributed by atoms with E-state index < -0.39 is 34.5 Å². The molecule has 32 heavy (non-hydrogen) atoms. The van der Waals surface area contributed by atoms with E-state index in [4.69, 9.17) is 19.6 Å². The van der Waals surface area contributed by atoms with Crippen molar-refractivity contribution in [2.24, 2.45) is 16.7 Å². The quantitative estimate of drug-likeness (QED) is 0.775. The van der Waals surface area contributed by atoms with Gasteiger partial charge in [-0.05, 0) is 49.2 Å². The molecule has 2 aromatic carbocycles. The van der Waals surface area contributed by atoms with E-state index in [2.05, 4.69) is 18.2 Å². The predicted molar refractivity (Wildman–Crippen MR) is 114 cm³/mol. The van der Waals surface area contributed by atoms with Crippen LogP contribution in [0.15, 0.2) is 42.5 Å². The molecule has 0 spiro atoms. The third kappa shape index (κ3) is 2.39. The van der Waals surface area contributed by atoms with Crippen LogP contribution in [0.25, 0.3) is 0 Å². The Labute approximate surface area is 186 Å². The lowest BCUT2D eigenvalue weighted by Crippen LogP contribution is -2.57. The van der Waals surface area contributed by atoms with Crippen molar-refractivity contribution in [1.29, 1.82) is 21.2 Å². The summed E-state index contributed by atoms with van der Waals surface area (Å²) < 4.78 is 17.8. The van der Waals surface area contributed by atoms with Gasteiger partial charge in [0, 0.05) is 5.56 Å². The number of nitrogens with one attached hydrogen (secondary N) is 1. The van der Waals surface area contributed by atoms with Crippen LogP contribution in [0, 0.1) is 70.0 Å². The summed E-state index contributed by atoms with van der Waals surface area (Å²) in [6, 6.07) is 19.0. The van der Waals surface area contributed by atoms with E-state index in [0.717, 1.165) is 11.1 Å². The van der Waals surface area contributed by atoms with Gasteiger partial charge in [-0.15, -0.1) is 0 Å². The molecule has 2 aliphatic heterocycles. The Bertz CT molecular complexity index is 1220. The lowest BCUT2D eigenvalue weighted by Gasteiger charge is -2.49. The zero-order chi connectivity index (χ0) is 23.3. The minimum Gasteiger partial charge on any atom is -0.497 e. The van der Waals surface area contributed by atoms with Crippen LogP contribution in [0.4, 0.5) is 0 Å². The largest absolute Gasteiger partial charge is 0.497 e. The zero-order valence-corrected chi connectivity index (χ0v) is 18.3. The molecule has 2 aromatic rings. The number of ether oxygens (including phenoxy) is 3. The molecule has 2 aliphatic rings. The van der Waals surface area contributed by atoms with E-state index in [-0.39, 0.29) is 0 Å². The van der Waals surface area contributed by atoms with E-state index in [1.54, 1.807) is 38.3 Å². The number of methoxy groups -OCH3 is 1. The van der Waals surface area contributed by atoms with Gasteiger partial charge >= 0.3 is 0 Å². The molecular weight excluding hydrogens is 404 g/mol. The second-order valence-electron chi connectivity index (χ2n) is 8.36. The van der Waals surface area contributed by atoms with Gasteiger partial charge in [0.15, 0.2) is 5.41 Å². The predicted octanol–water partition coefficient (Wildman–Crippen LogP) is 4.42. The maximum absolute atomic E-state index is 10.4. The van der Waals surface area contributed by atoms with Gasteiger partial charge < -0.3 is 14.2 Å². The van der Waals surface area contributed by atoms with Crippen LogP contribution in [-0.2, 0) is 15.3 Å². The molecule has 0 aromatic heterocycles. The standard InChI is InChI=1S/C25H22N4O3/c1-15-5-6-16(2)20(11-15)21-23(12-26,13-27)24(14-28)17(3)25(31-21,32-22(24)29)18-7-9-19(30-4)10-8-18/h5-11,17,21,29H,1-4H3. The van der Waals surface area contributed by atoms with Crippen LogP contribution in [0.5, 0.6) is 5.75 Å². The number of hydrogen-bond acceptors (Lipinski definition) is 7. The highest BCUT2D eigenvalue weighted by Crippen LogP contribution is 2.69. The Morgan fingerprint density at radius 2 is 1.66 bits per heavy atom. The third-order valence-corrected chi connectivity index (χ3v) is 6.88. The highest BCUT2D eigenvalue weighted by atomic mass is 16.7. The molecule has 2 fully saturated rings. The number of rotatable bonds is 3. The number of benzene rings is 2. The number of hydrogen-bond donors (Lipinski definition) is 1. The van der Waals surface area contributed by atoms with Crippen molar-refractivity contribution in [1.82, 2.24) is 0 Å². The van der Waals surface area contributed by atoms with Crippen molar-refractivity contribution in [2.75, 3.05) is 7.11 Å². The molecule has 7 heteroatoms. The molecule has 1 N–H and O–H groups in total. The Morgan fingerprint density at radius 3 is 2.22 bits per heavy atom. The second kappa shape index (κ2) is 7.09. The van der Waals surface area contributed by atoms with Crippen LogP contribution in [0.3, 0.4) is 0 Å². The monoisotopic (exact) mass is 426 g/mol. The molecular formula is C25H22N4O3. The molecule has 0 amide bonds. The summed E-state index contributed by atoms with van der Waals surface area (Å²) >= 11 is 0. The highest BCUT2D eigenvalue weighted by molar-refractivity contribution is 5.89. The van der Waals surface area contributed by atoms with Crippen LogP contribution in [0.1, 0.15) is 35.3 Å². The summed E-state index contributed by atoms with van der Waals surface area (Å²) in [5, 5.41) is 39.7. The van der Waals surface area contributed by atoms with Gasteiger partial charge in [-0.1, -0.05) is 30.7 Å². The Hall–Kier alpha value is -3.86. The molecule has 4 unspecified atom stereocenters. The smallest absolute Gasteiger partial charge is 0.244 e. The average Bonchev–Trinajstić information content (AvgIpc) is 2.97. The highest BCUT2D eigenvalue weighted by Gasteiger charge is 2.79. The first kappa shape index (κ1) is 21.4. The van der Waals surface area contributed by atoms with Crippen molar-refractivity contribution in [2.45, 2.75) is 32.7 Å². The summed E-state index contributed by atoms with van der Waals surface area (Å²) in [6.45, 7) is 5.46. The van der Waals surface area contributed by atoms with Gasteiger partial charge in [0.1, 0.15) is 11.9 Å². The Balaban J connectivity index is 2.04. The van der Waals surface area contributed by atoms with Gasteiger partial charge in [-0.3, -0.25) is 5.41 Å². The van der Waals surface area contributed by atoms with E-state index in [0.29, 0.717) is 16.9 Å². The summed E-state index contributed by atoms with van der Waals surface area (Å²) in [6.07, 6.45) is -1.11. The lowest BCUT2D eigenvalue weighted by atomic mass is 9.53. The van der Waals surface area contributed by atoms with Gasteiger partial charge in [0.25, 0.3) is 0 Å². The van der Waals surface area contributed by atoms with Crippen LogP contribution in [-0.4, -0.2) is 13.0 Å². The normalized spacial score (nSPS) is 29.8. The molecule has 4 atom stereocenters. The summed E-state index contributed by atoms with van der Waals surface area (Å²) in [4.78, 5) is 0. The van der Waals surface area contributed by atoms with Crippen molar-refractivity contribution < 1.29 is 14.2 Å².